The second-order valence-electron chi connectivity index (χ2n) is 6.57. The average molecular weight is 361 g/mol. The third-order valence-corrected chi connectivity index (χ3v) is 4.81. The molecule has 3 atom stereocenters. The maximum absolute atomic E-state index is 9.99. The summed E-state index contributed by atoms with van der Waals surface area (Å²) in [6, 6.07) is 14.6. The minimum absolute atomic E-state index is 0.0530. The minimum Gasteiger partial charge on any atom is -0.393 e. The molecule has 1 heterocycles. The molecule has 0 radical (unpaired) electrons. The largest absolute Gasteiger partial charge is 0.393 e. The summed E-state index contributed by atoms with van der Waals surface area (Å²) < 4.78 is 6.00. The van der Waals surface area contributed by atoms with E-state index in [4.69, 9.17) is 16.3 Å². The maximum Gasteiger partial charge on any atom is 0.0853 e. The van der Waals surface area contributed by atoms with Gasteiger partial charge < -0.3 is 9.84 Å². The molecule has 1 aliphatic heterocycles. The molecule has 0 amide bonds. The summed E-state index contributed by atoms with van der Waals surface area (Å²) >= 11 is 6.38. The normalized spacial score (nSPS) is 22.9. The van der Waals surface area contributed by atoms with Gasteiger partial charge in [-0.05, 0) is 49.4 Å². The summed E-state index contributed by atoms with van der Waals surface area (Å²) in [5.74, 6) is 0. The van der Waals surface area contributed by atoms with Crippen molar-refractivity contribution in [2.24, 2.45) is 0 Å². The van der Waals surface area contributed by atoms with Crippen molar-refractivity contribution in [1.29, 1.82) is 0 Å². The van der Waals surface area contributed by atoms with Crippen LogP contribution in [0, 0.1) is 6.92 Å². The molecule has 2 aromatic carbocycles. The fraction of sp³-hybridized carbons (Fsp3) is 0.455. The van der Waals surface area contributed by atoms with Crippen molar-refractivity contribution in [2.75, 3.05) is 0 Å². The smallest absolute Gasteiger partial charge is 0.0853 e. The Balaban J connectivity index is 0.00000109. The van der Waals surface area contributed by atoms with Gasteiger partial charge in [0.1, 0.15) is 0 Å². The topological polar surface area (TPSA) is 29.5 Å². The molecule has 2 aromatic rings. The molecule has 1 N–H and O–H groups in total. The zero-order valence-electron chi connectivity index (χ0n) is 15.6. The van der Waals surface area contributed by atoms with Gasteiger partial charge in [0.05, 0.1) is 18.3 Å². The van der Waals surface area contributed by atoms with Crippen molar-refractivity contribution in [3.8, 4) is 0 Å². The Labute approximate surface area is 156 Å². The van der Waals surface area contributed by atoms with E-state index in [1.165, 1.54) is 11.1 Å². The molecule has 1 aliphatic rings. The van der Waals surface area contributed by atoms with Crippen LogP contribution in [0.15, 0.2) is 42.5 Å². The SMILES string of the molecule is CC.Cc1ccc(Cc2cc(C3CC(O)CC(C)O3)ccc2Cl)cc1. The van der Waals surface area contributed by atoms with Gasteiger partial charge in [-0.2, -0.15) is 0 Å². The van der Waals surface area contributed by atoms with E-state index < -0.39 is 0 Å². The summed E-state index contributed by atoms with van der Waals surface area (Å²) in [5.41, 5.74) is 4.70. The van der Waals surface area contributed by atoms with Crippen molar-refractivity contribution in [1.82, 2.24) is 0 Å². The van der Waals surface area contributed by atoms with Gasteiger partial charge in [-0.3, -0.25) is 0 Å². The lowest BCUT2D eigenvalue weighted by atomic mass is 9.94. The molecule has 0 aliphatic carbocycles. The van der Waals surface area contributed by atoms with Gasteiger partial charge in [0.15, 0.2) is 0 Å². The van der Waals surface area contributed by atoms with Gasteiger partial charge >= 0.3 is 0 Å². The van der Waals surface area contributed by atoms with Crippen molar-refractivity contribution < 1.29 is 9.84 Å². The Kier molecular flexibility index (Phi) is 7.49. The number of hydrogen-bond donors (Lipinski definition) is 1. The highest BCUT2D eigenvalue weighted by Gasteiger charge is 2.27. The number of ether oxygens (including phenoxy) is 1. The first kappa shape index (κ1) is 20.0. The van der Waals surface area contributed by atoms with Crippen LogP contribution in [0.25, 0.3) is 0 Å². The summed E-state index contributed by atoms with van der Waals surface area (Å²) in [7, 11) is 0. The van der Waals surface area contributed by atoms with E-state index in [1.54, 1.807) is 0 Å². The molecule has 0 saturated carbocycles. The number of benzene rings is 2. The summed E-state index contributed by atoms with van der Waals surface area (Å²) in [6.07, 6.45) is 1.90. The number of hydrogen-bond acceptors (Lipinski definition) is 2. The first-order valence-electron chi connectivity index (χ1n) is 9.18. The molecule has 0 spiro atoms. The Hall–Kier alpha value is -1.35. The van der Waals surface area contributed by atoms with Crippen molar-refractivity contribution in [3.63, 3.8) is 0 Å². The van der Waals surface area contributed by atoms with Crippen molar-refractivity contribution in [3.05, 3.63) is 69.7 Å². The van der Waals surface area contributed by atoms with Crippen LogP contribution >= 0.6 is 11.6 Å². The van der Waals surface area contributed by atoms with Crippen LogP contribution < -0.4 is 0 Å². The molecular formula is C22H29ClO2. The van der Waals surface area contributed by atoms with E-state index >= 15 is 0 Å². The van der Waals surface area contributed by atoms with Crippen LogP contribution in [-0.2, 0) is 11.2 Å². The van der Waals surface area contributed by atoms with Crippen LogP contribution in [0.2, 0.25) is 5.02 Å². The quantitative estimate of drug-likeness (QED) is 0.742. The first-order chi connectivity index (χ1) is 12.0. The standard InChI is InChI=1S/C20H23ClO2.C2H6/c1-13-3-5-15(6-4-13)10-17-11-16(7-8-19(17)21)20-12-18(22)9-14(2)23-20;1-2/h3-8,11,14,18,20,22H,9-10,12H2,1-2H3;1-2H3. The van der Waals surface area contributed by atoms with Gasteiger partial charge in [-0.25, -0.2) is 0 Å². The van der Waals surface area contributed by atoms with Gasteiger partial charge in [-0.1, -0.05) is 67.4 Å². The zero-order valence-corrected chi connectivity index (χ0v) is 16.4. The lowest BCUT2D eigenvalue weighted by Gasteiger charge is -2.31. The highest BCUT2D eigenvalue weighted by molar-refractivity contribution is 6.31. The second kappa shape index (κ2) is 9.38. The van der Waals surface area contributed by atoms with E-state index in [2.05, 4.69) is 37.3 Å². The van der Waals surface area contributed by atoms with E-state index in [0.717, 1.165) is 22.6 Å². The van der Waals surface area contributed by atoms with E-state index in [0.29, 0.717) is 12.8 Å². The van der Waals surface area contributed by atoms with Gasteiger partial charge in [0.2, 0.25) is 0 Å². The predicted octanol–water partition coefficient (Wildman–Crippen LogP) is 5.87. The Morgan fingerprint density at radius 3 is 2.40 bits per heavy atom. The first-order valence-corrected chi connectivity index (χ1v) is 9.56. The van der Waals surface area contributed by atoms with Crippen LogP contribution in [0.4, 0.5) is 0 Å². The third kappa shape index (κ3) is 5.57. The highest BCUT2D eigenvalue weighted by atomic mass is 35.5. The number of rotatable bonds is 3. The van der Waals surface area contributed by atoms with Crippen molar-refractivity contribution >= 4 is 11.6 Å². The highest BCUT2D eigenvalue weighted by Crippen LogP contribution is 2.33. The Morgan fingerprint density at radius 1 is 1.08 bits per heavy atom. The minimum atomic E-state index is -0.292. The molecule has 3 unspecified atom stereocenters. The van der Waals surface area contributed by atoms with E-state index in [1.807, 2.05) is 32.9 Å². The molecule has 1 saturated heterocycles. The van der Waals surface area contributed by atoms with Gasteiger partial charge in [-0.15, -0.1) is 0 Å². The van der Waals surface area contributed by atoms with Crippen LogP contribution in [0.1, 0.15) is 62.0 Å². The summed E-state index contributed by atoms with van der Waals surface area (Å²) in [4.78, 5) is 0. The number of aliphatic hydroxyl groups is 1. The lowest BCUT2D eigenvalue weighted by Crippen LogP contribution is -2.29. The lowest BCUT2D eigenvalue weighted by molar-refractivity contribution is -0.0895. The molecule has 1 fully saturated rings. The maximum atomic E-state index is 9.99. The molecular weight excluding hydrogens is 332 g/mol. The van der Waals surface area contributed by atoms with Gasteiger partial charge in [0, 0.05) is 11.4 Å². The second-order valence-corrected chi connectivity index (χ2v) is 6.98. The van der Waals surface area contributed by atoms with E-state index in [9.17, 15) is 5.11 Å². The average Bonchev–Trinajstić information content (AvgIpc) is 2.60. The molecule has 25 heavy (non-hydrogen) atoms. The summed E-state index contributed by atoms with van der Waals surface area (Å²) in [6.45, 7) is 8.10. The fourth-order valence-corrected chi connectivity index (χ4v) is 3.37. The van der Waals surface area contributed by atoms with Gasteiger partial charge in [0.25, 0.3) is 0 Å². The Bertz CT molecular complexity index is 656. The molecule has 136 valence electrons. The third-order valence-electron chi connectivity index (χ3n) is 4.44. The van der Waals surface area contributed by atoms with Crippen molar-refractivity contribution in [2.45, 2.75) is 65.3 Å². The number of aliphatic hydroxyl groups excluding tert-OH is 1. The summed E-state index contributed by atoms with van der Waals surface area (Å²) in [5, 5.41) is 10.8. The number of halogens is 1. The monoisotopic (exact) mass is 360 g/mol. The predicted molar refractivity (Wildman–Crippen MR) is 105 cm³/mol. The van der Waals surface area contributed by atoms with Crippen LogP contribution in [0.3, 0.4) is 0 Å². The molecule has 0 bridgehead atoms. The molecule has 3 rings (SSSR count). The Morgan fingerprint density at radius 2 is 1.76 bits per heavy atom. The molecule has 0 aromatic heterocycles. The number of aryl methyl sites for hydroxylation is 1. The molecule has 3 heteroatoms. The molecule has 2 nitrogen and oxygen atoms in total. The zero-order chi connectivity index (χ0) is 18.4. The van der Waals surface area contributed by atoms with E-state index in [-0.39, 0.29) is 18.3 Å². The fourth-order valence-electron chi connectivity index (χ4n) is 3.19. The van der Waals surface area contributed by atoms with Crippen LogP contribution in [-0.4, -0.2) is 17.3 Å². The van der Waals surface area contributed by atoms with Crippen LogP contribution in [0.5, 0.6) is 0 Å².